The van der Waals surface area contributed by atoms with Crippen molar-refractivity contribution in [1.29, 1.82) is 0 Å². The number of hydrogen-bond donors (Lipinski definition) is 0. The SMILES string of the molecule is CN(C)/C=C(/C(=O)c1ccc(Cl)cc1Cl)N1C(=O)c2ccccc2C1=O. The summed E-state index contributed by atoms with van der Waals surface area (Å²) in [5, 5.41) is 0.522. The highest BCUT2D eigenvalue weighted by molar-refractivity contribution is 6.38. The molecular weight excluding hydrogens is 375 g/mol. The van der Waals surface area contributed by atoms with Gasteiger partial charge in [-0.15, -0.1) is 0 Å². The fraction of sp³-hybridized carbons (Fsp3) is 0.105. The number of carbonyl (C=O) groups excluding carboxylic acids is 3. The van der Waals surface area contributed by atoms with Crippen LogP contribution in [0, 0.1) is 0 Å². The summed E-state index contributed by atoms with van der Waals surface area (Å²) in [5.74, 6) is -1.64. The molecule has 5 nitrogen and oxygen atoms in total. The predicted molar refractivity (Wildman–Crippen MR) is 99.5 cm³/mol. The van der Waals surface area contributed by atoms with Gasteiger partial charge in [-0.25, -0.2) is 4.90 Å². The molecule has 0 saturated heterocycles. The minimum absolute atomic E-state index is 0.0783. The van der Waals surface area contributed by atoms with Gasteiger partial charge in [0.15, 0.2) is 0 Å². The highest BCUT2D eigenvalue weighted by Gasteiger charge is 2.40. The van der Waals surface area contributed by atoms with Gasteiger partial charge in [0, 0.05) is 30.9 Å². The van der Waals surface area contributed by atoms with E-state index in [1.807, 2.05) is 0 Å². The number of nitrogens with zero attached hydrogens (tertiary/aromatic N) is 2. The molecular formula is C19H14Cl2N2O3. The smallest absolute Gasteiger partial charge is 0.266 e. The lowest BCUT2D eigenvalue weighted by Crippen LogP contribution is -2.34. The molecule has 0 fully saturated rings. The molecule has 0 unspecified atom stereocenters. The summed E-state index contributed by atoms with van der Waals surface area (Å²) in [6, 6.07) is 10.9. The normalized spacial score (nSPS) is 13.8. The Kier molecular flexibility index (Phi) is 4.85. The molecule has 3 rings (SSSR count). The molecule has 1 aliphatic rings. The molecule has 26 heavy (non-hydrogen) atoms. The van der Waals surface area contributed by atoms with E-state index in [1.54, 1.807) is 43.3 Å². The third-order valence-corrected chi connectivity index (χ3v) is 4.37. The molecule has 0 radical (unpaired) electrons. The summed E-state index contributed by atoms with van der Waals surface area (Å²) in [7, 11) is 3.38. The van der Waals surface area contributed by atoms with Crippen LogP contribution in [0.1, 0.15) is 31.1 Å². The first-order valence-corrected chi connectivity index (χ1v) is 8.42. The maximum atomic E-state index is 13.1. The van der Waals surface area contributed by atoms with Crippen LogP contribution >= 0.6 is 23.2 Å². The molecule has 0 aromatic heterocycles. The predicted octanol–water partition coefficient (Wildman–Crippen LogP) is 3.88. The van der Waals surface area contributed by atoms with Crippen LogP contribution in [0.3, 0.4) is 0 Å². The highest BCUT2D eigenvalue weighted by atomic mass is 35.5. The third-order valence-electron chi connectivity index (χ3n) is 3.82. The Morgan fingerprint density at radius 1 is 1.00 bits per heavy atom. The Morgan fingerprint density at radius 2 is 1.58 bits per heavy atom. The molecule has 2 amide bonds. The van der Waals surface area contributed by atoms with Crippen LogP contribution in [0.25, 0.3) is 0 Å². The zero-order valence-corrected chi connectivity index (χ0v) is 15.5. The molecule has 0 aliphatic carbocycles. The number of carbonyl (C=O) groups is 3. The van der Waals surface area contributed by atoms with Crippen LogP contribution in [-0.4, -0.2) is 41.5 Å². The summed E-state index contributed by atoms with van der Waals surface area (Å²) in [5.41, 5.74) is 0.598. The summed E-state index contributed by atoms with van der Waals surface area (Å²) in [4.78, 5) is 41.0. The molecule has 0 saturated carbocycles. The van der Waals surface area contributed by atoms with Gasteiger partial charge >= 0.3 is 0 Å². The second kappa shape index (κ2) is 6.94. The average molecular weight is 389 g/mol. The molecule has 2 aromatic carbocycles. The van der Waals surface area contributed by atoms with Crippen molar-refractivity contribution >= 4 is 40.8 Å². The lowest BCUT2D eigenvalue weighted by molar-refractivity contribution is 0.0675. The first kappa shape index (κ1) is 18.2. The van der Waals surface area contributed by atoms with Gasteiger partial charge in [0.1, 0.15) is 5.70 Å². The number of Topliss-reactive ketones (excluding diaryl/α,β-unsaturated/α-hetero) is 1. The summed E-state index contributed by atoms with van der Waals surface area (Å²) in [6.45, 7) is 0. The third kappa shape index (κ3) is 3.11. The maximum absolute atomic E-state index is 13.1. The van der Waals surface area contributed by atoms with Crippen LogP contribution in [-0.2, 0) is 0 Å². The highest BCUT2D eigenvalue weighted by Crippen LogP contribution is 2.30. The number of amides is 2. The molecule has 7 heteroatoms. The van der Waals surface area contributed by atoms with Gasteiger partial charge in [0.05, 0.1) is 16.1 Å². The number of fused-ring (bicyclic) bond motifs is 1. The quantitative estimate of drug-likeness (QED) is 0.453. The van der Waals surface area contributed by atoms with E-state index in [-0.39, 0.29) is 27.4 Å². The first-order valence-electron chi connectivity index (χ1n) is 7.67. The fourth-order valence-electron chi connectivity index (χ4n) is 2.68. The number of benzene rings is 2. The second-order valence-corrected chi connectivity index (χ2v) is 6.77. The average Bonchev–Trinajstić information content (AvgIpc) is 2.84. The Hall–Kier alpha value is -2.63. The van der Waals surface area contributed by atoms with Crippen LogP contribution in [0.15, 0.2) is 54.4 Å². The summed E-state index contributed by atoms with van der Waals surface area (Å²) >= 11 is 12.0. The molecule has 0 bridgehead atoms. The zero-order valence-electron chi connectivity index (χ0n) is 14.0. The topological polar surface area (TPSA) is 57.7 Å². The Labute approximate surface area is 160 Å². The largest absolute Gasteiger partial charge is 0.382 e. The van der Waals surface area contributed by atoms with Crippen molar-refractivity contribution in [2.24, 2.45) is 0 Å². The van der Waals surface area contributed by atoms with Gasteiger partial charge in [-0.2, -0.15) is 0 Å². The van der Waals surface area contributed by atoms with Crippen LogP contribution in [0.5, 0.6) is 0 Å². The monoisotopic (exact) mass is 388 g/mol. The Bertz CT molecular complexity index is 932. The standard InChI is InChI=1S/C19H14Cl2N2O3/c1-22(2)10-16(17(24)14-8-7-11(20)9-15(14)21)23-18(25)12-5-3-4-6-13(12)19(23)26/h3-10H,1-2H3/b16-10-. The molecule has 0 atom stereocenters. The van der Waals surface area contributed by atoms with Crippen molar-refractivity contribution in [3.8, 4) is 0 Å². The van der Waals surface area contributed by atoms with Crippen molar-refractivity contribution in [1.82, 2.24) is 9.80 Å². The lowest BCUT2D eigenvalue weighted by atomic mass is 10.1. The van der Waals surface area contributed by atoms with E-state index >= 15 is 0 Å². The van der Waals surface area contributed by atoms with E-state index in [2.05, 4.69) is 0 Å². The van der Waals surface area contributed by atoms with E-state index in [4.69, 9.17) is 23.2 Å². The minimum atomic E-state index is -0.546. The number of halogens is 2. The summed E-state index contributed by atoms with van der Waals surface area (Å²) < 4.78 is 0. The maximum Gasteiger partial charge on any atom is 0.266 e. The van der Waals surface area contributed by atoms with Gasteiger partial charge in [-0.05, 0) is 30.3 Å². The van der Waals surface area contributed by atoms with Crippen molar-refractivity contribution < 1.29 is 14.4 Å². The first-order chi connectivity index (χ1) is 12.3. The number of imide groups is 1. The number of hydrogen-bond acceptors (Lipinski definition) is 4. The fourth-order valence-corrected chi connectivity index (χ4v) is 3.18. The van der Waals surface area contributed by atoms with E-state index in [9.17, 15) is 14.4 Å². The van der Waals surface area contributed by atoms with Crippen LogP contribution in [0.4, 0.5) is 0 Å². The van der Waals surface area contributed by atoms with Gasteiger partial charge in [0.25, 0.3) is 11.8 Å². The molecule has 1 heterocycles. The van der Waals surface area contributed by atoms with Gasteiger partial charge in [-0.1, -0.05) is 35.3 Å². The molecule has 2 aromatic rings. The molecule has 1 aliphatic heterocycles. The van der Waals surface area contributed by atoms with Crippen LogP contribution < -0.4 is 0 Å². The van der Waals surface area contributed by atoms with E-state index in [1.165, 1.54) is 24.4 Å². The number of allylic oxidation sites excluding steroid dienone is 1. The number of rotatable bonds is 4. The summed E-state index contributed by atoms with van der Waals surface area (Å²) in [6.07, 6.45) is 1.43. The van der Waals surface area contributed by atoms with Gasteiger partial charge in [-0.3, -0.25) is 14.4 Å². The molecule has 0 N–H and O–H groups in total. The molecule has 0 spiro atoms. The van der Waals surface area contributed by atoms with Crippen molar-refractivity contribution in [2.45, 2.75) is 0 Å². The number of ketones is 1. The van der Waals surface area contributed by atoms with E-state index < -0.39 is 17.6 Å². The van der Waals surface area contributed by atoms with Gasteiger partial charge in [0.2, 0.25) is 5.78 Å². The minimum Gasteiger partial charge on any atom is -0.382 e. The van der Waals surface area contributed by atoms with Gasteiger partial charge < -0.3 is 4.90 Å². The van der Waals surface area contributed by atoms with Crippen molar-refractivity contribution in [3.63, 3.8) is 0 Å². The zero-order chi connectivity index (χ0) is 19.0. The van der Waals surface area contributed by atoms with E-state index in [0.717, 1.165) is 4.90 Å². The van der Waals surface area contributed by atoms with E-state index in [0.29, 0.717) is 5.02 Å². The van der Waals surface area contributed by atoms with Crippen molar-refractivity contribution in [3.05, 3.63) is 81.1 Å². The van der Waals surface area contributed by atoms with Crippen LogP contribution in [0.2, 0.25) is 10.0 Å². The van der Waals surface area contributed by atoms with Crippen molar-refractivity contribution in [2.75, 3.05) is 14.1 Å². The molecule has 132 valence electrons. The Morgan fingerprint density at radius 3 is 2.08 bits per heavy atom. The Balaban J connectivity index is 2.10. The lowest BCUT2D eigenvalue weighted by Gasteiger charge is -2.19. The second-order valence-electron chi connectivity index (χ2n) is 5.92.